The average Bonchev–Trinajstić information content (AvgIpc) is 2.05. The Morgan fingerprint density at radius 3 is 2.58 bits per heavy atom. The Morgan fingerprint density at radius 2 is 2.00 bits per heavy atom. The molecule has 1 radical (unpaired) electrons. The van der Waals surface area contributed by atoms with E-state index < -0.39 is 0 Å². The molecule has 0 aromatic heterocycles. The molecule has 0 spiro atoms. The van der Waals surface area contributed by atoms with Gasteiger partial charge in [-0.05, 0) is 12.0 Å². The summed E-state index contributed by atoms with van der Waals surface area (Å²) in [5, 5.41) is 1.54. The second kappa shape index (κ2) is 4.26. The lowest BCUT2D eigenvalue weighted by molar-refractivity contribution is 1.30. The van der Waals surface area contributed by atoms with Crippen LogP contribution in [-0.4, -0.2) is 8.80 Å². The van der Waals surface area contributed by atoms with E-state index in [0.717, 1.165) is 6.42 Å². The van der Waals surface area contributed by atoms with E-state index in [1.165, 1.54) is 5.56 Å². The van der Waals surface area contributed by atoms with Crippen molar-refractivity contribution in [3.63, 3.8) is 0 Å². The maximum atomic E-state index is 3.77. The van der Waals surface area contributed by atoms with Crippen molar-refractivity contribution in [2.45, 2.75) is 19.5 Å². The molecule has 0 aliphatic rings. The lowest BCUT2D eigenvalue weighted by Gasteiger charge is -2.08. The van der Waals surface area contributed by atoms with Gasteiger partial charge in [0.15, 0.2) is 0 Å². The van der Waals surface area contributed by atoms with Crippen LogP contribution in [0.15, 0.2) is 36.9 Å². The van der Waals surface area contributed by atoms with Crippen LogP contribution < -0.4 is 5.19 Å². The van der Waals surface area contributed by atoms with E-state index >= 15 is 0 Å². The molecule has 1 heteroatoms. The SMILES string of the molecule is C=CCc1ccccc1[Si](C)C. The Balaban J connectivity index is 2.99. The number of rotatable bonds is 3. The normalized spacial score (nSPS) is 10.2. The molecule has 0 saturated heterocycles. The van der Waals surface area contributed by atoms with E-state index in [0.29, 0.717) is 0 Å². The second-order valence-corrected chi connectivity index (χ2v) is 5.69. The highest BCUT2D eigenvalue weighted by atomic mass is 28.3. The van der Waals surface area contributed by atoms with Crippen LogP contribution in [0.4, 0.5) is 0 Å². The molecule has 0 atom stereocenters. The van der Waals surface area contributed by atoms with Crippen molar-refractivity contribution >= 4 is 14.0 Å². The summed E-state index contributed by atoms with van der Waals surface area (Å²) >= 11 is 0. The van der Waals surface area contributed by atoms with Crippen LogP contribution in [0.5, 0.6) is 0 Å². The van der Waals surface area contributed by atoms with Crippen LogP contribution in [0.3, 0.4) is 0 Å². The first-order valence-corrected chi connectivity index (χ1v) is 6.75. The fourth-order valence-electron chi connectivity index (χ4n) is 1.34. The highest BCUT2D eigenvalue weighted by Crippen LogP contribution is 2.00. The Kier molecular flexibility index (Phi) is 3.29. The molecule has 1 rings (SSSR count). The molecule has 0 saturated carbocycles. The second-order valence-electron chi connectivity index (χ2n) is 3.15. The minimum atomic E-state index is -0.312. The molecular weight excluding hydrogens is 160 g/mol. The van der Waals surface area contributed by atoms with E-state index in [1.807, 2.05) is 6.08 Å². The molecular formula is C11H15Si. The Bertz CT molecular complexity index is 263. The highest BCUT2D eigenvalue weighted by Gasteiger charge is 2.04. The van der Waals surface area contributed by atoms with E-state index in [-0.39, 0.29) is 8.80 Å². The zero-order valence-corrected chi connectivity index (χ0v) is 8.80. The van der Waals surface area contributed by atoms with Gasteiger partial charge in [0.1, 0.15) is 0 Å². The molecule has 12 heavy (non-hydrogen) atoms. The number of benzene rings is 1. The number of hydrogen-bond donors (Lipinski definition) is 0. The van der Waals surface area contributed by atoms with Gasteiger partial charge in [-0.3, -0.25) is 0 Å². The minimum Gasteiger partial charge on any atom is -0.103 e. The van der Waals surface area contributed by atoms with E-state index in [2.05, 4.69) is 43.9 Å². The molecule has 0 fully saturated rings. The van der Waals surface area contributed by atoms with Gasteiger partial charge in [0.2, 0.25) is 0 Å². The summed E-state index contributed by atoms with van der Waals surface area (Å²) in [4.78, 5) is 0. The minimum absolute atomic E-state index is 0.312. The lowest BCUT2D eigenvalue weighted by atomic mass is 10.1. The monoisotopic (exact) mass is 175 g/mol. The van der Waals surface area contributed by atoms with E-state index in [4.69, 9.17) is 0 Å². The number of hydrogen-bond acceptors (Lipinski definition) is 0. The van der Waals surface area contributed by atoms with Crippen molar-refractivity contribution in [1.29, 1.82) is 0 Å². The molecule has 0 aliphatic heterocycles. The van der Waals surface area contributed by atoms with Gasteiger partial charge in [-0.2, -0.15) is 0 Å². The zero-order valence-electron chi connectivity index (χ0n) is 7.80. The van der Waals surface area contributed by atoms with Gasteiger partial charge in [-0.25, -0.2) is 0 Å². The molecule has 0 unspecified atom stereocenters. The topological polar surface area (TPSA) is 0 Å². The van der Waals surface area contributed by atoms with Crippen molar-refractivity contribution in [2.24, 2.45) is 0 Å². The molecule has 63 valence electrons. The smallest absolute Gasteiger partial charge is 0.0795 e. The molecule has 0 nitrogen and oxygen atoms in total. The van der Waals surface area contributed by atoms with Gasteiger partial charge in [-0.1, -0.05) is 48.6 Å². The predicted molar refractivity (Wildman–Crippen MR) is 57.5 cm³/mol. The van der Waals surface area contributed by atoms with Gasteiger partial charge in [0.25, 0.3) is 0 Å². The third-order valence-corrected chi connectivity index (χ3v) is 3.49. The molecule has 0 aliphatic carbocycles. The van der Waals surface area contributed by atoms with Crippen LogP contribution in [0.2, 0.25) is 13.1 Å². The summed E-state index contributed by atoms with van der Waals surface area (Å²) in [6.45, 7) is 8.42. The number of allylic oxidation sites excluding steroid dienone is 1. The molecule has 1 aromatic carbocycles. The van der Waals surface area contributed by atoms with Crippen LogP contribution in [0, 0.1) is 0 Å². The van der Waals surface area contributed by atoms with Crippen LogP contribution in [0.1, 0.15) is 5.56 Å². The standard InChI is InChI=1S/C11H15Si/c1-4-7-10-8-5-6-9-11(10)12(2)3/h4-6,8-9H,1,7H2,2-3H3. The predicted octanol–water partition coefficient (Wildman–Crippen LogP) is 2.38. The maximum absolute atomic E-state index is 3.77. The van der Waals surface area contributed by atoms with Crippen molar-refractivity contribution < 1.29 is 0 Å². The summed E-state index contributed by atoms with van der Waals surface area (Å²) in [6.07, 6.45) is 2.98. The third kappa shape index (κ3) is 2.08. The van der Waals surface area contributed by atoms with Crippen LogP contribution in [-0.2, 0) is 6.42 Å². The van der Waals surface area contributed by atoms with E-state index in [1.54, 1.807) is 5.19 Å². The average molecular weight is 175 g/mol. The van der Waals surface area contributed by atoms with E-state index in [9.17, 15) is 0 Å². The lowest BCUT2D eigenvalue weighted by Crippen LogP contribution is -2.26. The Hall–Kier alpha value is -0.823. The van der Waals surface area contributed by atoms with Crippen LogP contribution in [0.25, 0.3) is 0 Å². The first-order valence-electron chi connectivity index (χ1n) is 4.25. The summed E-state index contributed by atoms with van der Waals surface area (Å²) in [6, 6.07) is 8.68. The largest absolute Gasteiger partial charge is 0.103 e. The molecule has 1 aromatic rings. The van der Waals surface area contributed by atoms with Gasteiger partial charge in [0, 0.05) is 0 Å². The molecule has 0 amide bonds. The van der Waals surface area contributed by atoms with Crippen molar-refractivity contribution in [3.8, 4) is 0 Å². The van der Waals surface area contributed by atoms with Gasteiger partial charge < -0.3 is 0 Å². The van der Waals surface area contributed by atoms with Gasteiger partial charge in [0.05, 0.1) is 8.80 Å². The summed E-state index contributed by atoms with van der Waals surface area (Å²) < 4.78 is 0. The fourth-order valence-corrected chi connectivity index (χ4v) is 2.60. The van der Waals surface area contributed by atoms with Crippen LogP contribution >= 0.6 is 0 Å². The molecule has 0 bridgehead atoms. The first-order chi connectivity index (χ1) is 5.75. The van der Waals surface area contributed by atoms with Crippen molar-refractivity contribution in [3.05, 3.63) is 42.5 Å². The maximum Gasteiger partial charge on any atom is 0.0795 e. The molecule has 0 N–H and O–H groups in total. The summed E-state index contributed by atoms with van der Waals surface area (Å²) in [7, 11) is -0.312. The third-order valence-electron chi connectivity index (χ3n) is 1.92. The highest BCUT2D eigenvalue weighted by molar-refractivity contribution is 6.71. The Morgan fingerprint density at radius 1 is 1.33 bits per heavy atom. The Labute approximate surface area is 76.5 Å². The van der Waals surface area contributed by atoms with Crippen molar-refractivity contribution in [2.75, 3.05) is 0 Å². The zero-order chi connectivity index (χ0) is 8.97. The fraction of sp³-hybridized carbons (Fsp3) is 0.273. The van der Waals surface area contributed by atoms with Gasteiger partial charge in [-0.15, -0.1) is 6.58 Å². The van der Waals surface area contributed by atoms with Crippen molar-refractivity contribution in [1.82, 2.24) is 0 Å². The quantitative estimate of drug-likeness (QED) is 0.489. The summed E-state index contributed by atoms with van der Waals surface area (Å²) in [5.74, 6) is 0. The van der Waals surface area contributed by atoms with Gasteiger partial charge >= 0.3 is 0 Å². The first kappa shape index (κ1) is 9.27. The summed E-state index contributed by atoms with van der Waals surface area (Å²) in [5.41, 5.74) is 1.45. The molecule has 0 heterocycles.